The molecule has 1 aromatic rings. The molecule has 2 heteroatoms. The van der Waals surface area contributed by atoms with E-state index in [2.05, 4.69) is 0 Å². The average molecular weight is 218 g/mol. The molecule has 0 saturated carbocycles. The molecule has 0 bridgehead atoms. The first-order chi connectivity index (χ1) is 7.28. The van der Waals surface area contributed by atoms with Crippen LogP contribution in [0.1, 0.15) is 52.6 Å². The minimum Gasteiger partial charge on any atom is -0.387 e. The van der Waals surface area contributed by atoms with Gasteiger partial charge in [-0.05, 0) is 56.9 Å². The van der Waals surface area contributed by atoms with Gasteiger partial charge in [0.05, 0.1) is 11.5 Å². The molecule has 0 amide bonds. The normalized spacial score (nSPS) is 22.4. The topological polar surface area (TPSA) is 37.3 Å². The van der Waals surface area contributed by atoms with Crippen molar-refractivity contribution < 1.29 is 9.90 Å². The van der Waals surface area contributed by atoms with Gasteiger partial charge >= 0.3 is 0 Å². The highest BCUT2D eigenvalue weighted by molar-refractivity contribution is 6.06. The van der Waals surface area contributed by atoms with Crippen LogP contribution in [-0.2, 0) is 0 Å². The molecule has 0 saturated heterocycles. The Morgan fingerprint density at radius 2 is 1.75 bits per heavy atom. The van der Waals surface area contributed by atoms with E-state index in [1.165, 1.54) is 0 Å². The van der Waals surface area contributed by atoms with Crippen molar-refractivity contribution in [2.75, 3.05) is 0 Å². The first-order valence-corrected chi connectivity index (χ1v) is 5.62. The predicted octanol–water partition coefficient (Wildman–Crippen LogP) is 2.87. The Kier molecular flexibility index (Phi) is 2.25. The zero-order valence-electron chi connectivity index (χ0n) is 10.5. The van der Waals surface area contributed by atoms with E-state index in [1.807, 2.05) is 40.7 Å². The summed E-state index contributed by atoms with van der Waals surface area (Å²) in [6, 6.07) is 1.95. The zero-order valence-corrected chi connectivity index (χ0v) is 10.5. The maximum Gasteiger partial charge on any atom is 0.172 e. The molecule has 0 heterocycles. The van der Waals surface area contributed by atoms with Crippen molar-refractivity contribution in [2.24, 2.45) is 5.41 Å². The quantitative estimate of drug-likeness (QED) is 0.727. The predicted molar refractivity (Wildman–Crippen MR) is 63.7 cm³/mol. The van der Waals surface area contributed by atoms with Crippen LogP contribution in [0.3, 0.4) is 0 Å². The molecule has 0 unspecified atom stereocenters. The molecule has 16 heavy (non-hydrogen) atoms. The summed E-state index contributed by atoms with van der Waals surface area (Å²) in [4.78, 5) is 12.3. The minimum atomic E-state index is -0.687. The lowest BCUT2D eigenvalue weighted by Crippen LogP contribution is -2.23. The second-order valence-corrected chi connectivity index (χ2v) is 5.36. The smallest absolute Gasteiger partial charge is 0.172 e. The fraction of sp³-hybridized carbons (Fsp3) is 0.500. The summed E-state index contributed by atoms with van der Waals surface area (Å²) in [6.07, 6.45) is -0.673. The lowest BCUT2D eigenvalue weighted by molar-refractivity contribution is 0.0491. The second-order valence-electron chi connectivity index (χ2n) is 5.36. The van der Waals surface area contributed by atoms with Gasteiger partial charge in [-0.15, -0.1) is 0 Å². The molecule has 0 aromatic heterocycles. The molecule has 1 aromatic carbocycles. The number of benzene rings is 1. The van der Waals surface area contributed by atoms with Crippen molar-refractivity contribution in [3.05, 3.63) is 33.9 Å². The molecule has 1 aliphatic carbocycles. The number of aryl methyl sites for hydroxylation is 1. The first-order valence-electron chi connectivity index (χ1n) is 5.62. The summed E-state index contributed by atoms with van der Waals surface area (Å²) in [6.45, 7) is 9.63. The van der Waals surface area contributed by atoms with Crippen LogP contribution in [-0.4, -0.2) is 10.9 Å². The van der Waals surface area contributed by atoms with Crippen LogP contribution in [0.5, 0.6) is 0 Å². The van der Waals surface area contributed by atoms with Crippen LogP contribution in [0.2, 0.25) is 0 Å². The number of hydrogen-bond donors (Lipinski definition) is 1. The third kappa shape index (κ3) is 1.20. The summed E-state index contributed by atoms with van der Waals surface area (Å²) >= 11 is 0. The Morgan fingerprint density at radius 3 is 2.31 bits per heavy atom. The van der Waals surface area contributed by atoms with Gasteiger partial charge < -0.3 is 5.11 Å². The van der Waals surface area contributed by atoms with Gasteiger partial charge in [-0.2, -0.15) is 0 Å². The van der Waals surface area contributed by atoms with Gasteiger partial charge in [-0.3, -0.25) is 4.79 Å². The van der Waals surface area contributed by atoms with Gasteiger partial charge in [0.2, 0.25) is 0 Å². The van der Waals surface area contributed by atoms with E-state index >= 15 is 0 Å². The third-order valence-electron chi connectivity index (χ3n) is 3.98. The molecule has 0 aliphatic heterocycles. The molecule has 1 N–H and O–H groups in total. The van der Waals surface area contributed by atoms with Gasteiger partial charge in [0, 0.05) is 5.56 Å². The van der Waals surface area contributed by atoms with Crippen molar-refractivity contribution in [3.63, 3.8) is 0 Å². The highest BCUT2D eigenvalue weighted by atomic mass is 16.3. The lowest BCUT2D eigenvalue weighted by atomic mass is 9.86. The van der Waals surface area contributed by atoms with Crippen LogP contribution in [0.4, 0.5) is 0 Å². The Hall–Kier alpha value is -1.15. The number of hydrogen-bond acceptors (Lipinski definition) is 2. The van der Waals surface area contributed by atoms with Gasteiger partial charge in [0.1, 0.15) is 0 Å². The molecule has 2 rings (SSSR count). The Labute approximate surface area is 96.3 Å². The number of ketones is 1. The van der Waals surface area contributed by atoms with Crippen molar-refractivity contribution >= 4 is 5.78 Å². The van der Waals surface area contributed by atoms with E-state index < -0.39 is 11.5 Å². The Bertz CT molecular complexity index is 484. The van der Waals surface area contributed by atoms with E-state index in [9.17, 15) is 9.90 Å². The van der Waals surface area contributed by atoms with Crippen molar-refractivity contribution in [2.45, 2.75) is 40.7 Å². The second kappa shape index (κ2) is 3.17. The molecule has 2 nitrogen and oxygen atoms in total. The monoisotopic (exact) mass is 218 g/mol. The highest BCUT2D eigenvalue weighted by Gasteiger charge is 2.46. The minimum absolute atomic E-state index is 0.0654. The molecule has 86 valence electrons. The number of carbonyl (C=O) groups is 1. The summed E-state index contributed by atoms with van der Waals surface area (Å²) < 4.78 is 0. The summed E-state index contributed by atoms with van der Waals surface area (Å²) in [5.74, 6) is 0.0654. The number of carbonyl (C=O) groups excluding carboxylic acids is 1. The van der Waals surface area contributed by atoms with E-state index in [1.54, 1.807) is 0 Å². The molecular weight excluding hydrogens is 200 g/mol. The number of Topliss-reactive ketones (excluding diaryl/α,β-unsaturated/α-hetero) is 1. The van der Waals surface area contributed by atoms with E-state index in [0.29, 0.717) is 0 Å². The maximum absolute atomic E-state index is 12.3. The molecule has 0 fully saturated rings. The SMILES string of the molecule is Cc1cc2c(c(C)c1C)C(=O)C(C)(C)[C@@H]2O. The number of aliphatic hydroxyl groups excluding tert-OH is 1. The van der Waals surface area contributed by atoms with E-state index in [-0.39, 0.29) is 5.78 Å². The average Bonchev–Trinajstić information content (AvgIpc) is 2.38. The van der Waals surface area contributed by atoms with Gasteiger partial charge in [0.15, 0.2) is 5.78 Å². The number of aliphatic hydroxyl groups is 1. The standard InChI is InChI=1S/C14H18O2/c1-7-6-10-11(9(3)8(7)2)13(16)14(4,5)12(10)15/h6,12,15H,1-5H3/t12-/m1/s1. The van der Waals surface area contributed by atoms with Crippen LogP contribution in [0.15, 0.2) is 6.07 Å². The molecular formula is C14H18O2. The Morgan fingerprint density at radius 1 is 1.19 bits per heavy atom. The van der Waals surface area contributed by atoms with Crippen molar-refractivity contribution in [3.8, 4) is 0 Å². The van der Waals surface area contributed by atoms with Crippen molar-refractivity contribution in [1.29, 1.82) is 0 Å². The van der Waals surface area contributed by atoms with Crippen LogP contribution in [0.25, 0.3) is 0 Å². The molecule has 0 radical (unpaired) electrons. The lowest BCUT2D eigenvalue weighted by Gasteiger charge is -2.20. The number of fused-ring (bicyclic) bond motifs is 1. The largest absolute Gasteiger partial charge is 0.387 e. The summed E-state index contributed by atoms with van der Waals surface area (Å²) in [7, 11) is 0. The fourth-order valence-electron chi connectivity index (χ4n) is 2.47. The summed E-state index contributed by atoms with van der Waals surface area (Å²) in [5.41, 5.74) is 4.16. The Balaban J connectivity index is 2.79. The van der Waals surface area contributed by atoms with E-state index in [0.717, 1.165) is 27.8 Å². The van der Waals surface area contributed by atoms with Gasteiger partial charge in [0.25, 0.3) is 0 Å². The van der Waals surface area contributed by atoms with Crippen LogP contribution < -0.4 is 0 Å². The zero-order chi connectivity index (χ0) is 12.2. The fourth-order valence-corrected chi connectivity index (χ4v) is 2.47. The highest BCUT2D eigenvalue weighted by Crippen LogP contribution is 2.46. The third-order valence-corrected chi connectivity index (χ3v) is 3.98. The molecule has 1 aliphatic rings. The summed E-state index contributed by atoms with van der Waals surface area (Å²) in [5, 5.41) is 10.2. The molecule has 1 atom stereocenters. The number of rotatable bonds is 0. The maximum atomic E-state index is 12.3. The van der Waals surface area contributed by atoms with Crippen LogP contribution in [0, 0.1) is 26.2 Å². The molecule has 0 spiro atoms. The first kappa shape index (κ1) is 11.3. The van der Waals surface area contributed by atoms with E-state index in [4.69, 9.17) is 0 Å². The van der Waals surface area contributed by atoms with Crippen molar-refractivity contribution in [1.82, 2.24) is 0 Å². The van der Waals surface area contributed by atoms with Crippen LogP contribution >= 0.6 is 0 Å². The van der Waals surface area contributed by atoms with Gasteiger partial charge in [-0.1, -0.05) is 6.07 Å². The van der Waals surface area contributed by atoms with Gasteiger partial charge in [-0.25, -0.2) is 0 Å².